The monoisotopic (exact) mass is 245 g/mol. The largest absolute Gasteiger partial charge is 0.349 e. The second-order valence-corrected chi connectivity index (χ2v) is 6.81. The molecule has 0 saturated heterocycles. The van der Waals surface area contributed by atoms with Gasteiger partial charge in [0, 0.05) is 25.4 Å². The van der Waals surface area contributed by atoms with Gasteiger partial charge in [-0.2, -0.15) is 0 Å². The smallest absolute Gasteiger partial charge is 0.212 e. The van der Waals surface area contributed by atoms with Gasteiger partial charge in [-0.15, -0.1) is 0 Å². The molecule has 0 saturated carbocycles. The van der Waals surface area contributed by atoms with Gasteiger partial charge in [0.15, 0.2) is 0 Å². The number of sulfonamides is 1. The maximum absolute atomic E-state index is 11.6. The van der Waals surface area contributed by atoms with E-state index in [4.69, 9.17) is 0 Å². The molecule has 0 aromatic carbocycles. The normalized spacial score (nSPS) is 12.9. The Balaban J connectivity index is 2.37. The van der Waals surface area contributed by atoms with E-state index in [0.29, 0.717) is 13.0 Å². The fourth-order valence-electron chi connectivity index (χ4n) is 1.38. The molecule has 0 radical (unpaired) electrons. The molecule has 0 fully saturated rings. The molecule has 0 atom stereocenters. The van der Waals surface area contributed by atoms with Crippen LogP contribution in [0, 0.1) is 5.41 Å². The lowest BCUT2D eigenvalue weighted by Gasteiger charge is -2.18. The van der Waals surface area contributed by atoms with Gasteiger partial charge in [-0.1, -0.05) is 20.8 Å². The van der Waals surface area contributed by atoms with Crippen molar-refractivity contribution in [2.75, 3.05) is 12.3 Å². The Hall–Kier alpha value is -0.880. The van der Waals surface area contributed by atoms with E-state index < -0.39 is 10.0 Å². The predicted molar refractivity (Wildman–Crippen MR) is 63.5 cm³/mol. The Bertz CT molecular complexity index is 404. The first kappa shape index (κ1) is 13.2. The standard InChI is InChI=1S/C10H19N3O2S/c1-10(2,3)8-16(14,15)13-5-4-9-11-6-7-12-9/h6-7,13H,4-5,8H2,1-3H3,(H,11,12). The van der Waals surface area contributed by atoms with Crippen molar-refractivity contribution in [3.63, 3.8) is 0 Å². The van der Waals surface area contributed by atoms with Gasteiger partial charge >= 0.3 is 0 Å². The van der Waals surface area contributed by atoms with Crippen LogP contribution in [-0.2, 0) is 16.4 Å². The Morgan fingerprint density at radius 1 is 1.44 bits per heavy atom. The van der Waals surface area contributed by atoms with Gasteiger partial charge in [-0.05, 0) is 5.41 Å². The first-order valence-corrected chi connectivity index (χ1v) is 6.89. The number of hydrogen-bond acceptors (Lipinski definition) is 3. The molecule has 1 rings (SSSR count). The van der Waals surface area contributed by atoms with Crippen molar-refractivity contribution in [1.29, 1.82) is 0 Å². The number of imidazole rings is 1. The third-order valence-electron chi connectivity index (χ3n) is 1.86. The van der Waals surface area contributed by atoms with Gasteiger partial charge in [0.1, 0.15) is 5.82 Å². The van der Waals surface area contributed by atoms with E-state index in [0.717, 1.165) is 5.82 Å². The van der Waals surface area contributed by atoms with Crippen LogP contribution in [0.15, 0.2) is 12.4 Å². The molecule has 1 aromatic heterocycles. The fourth-order valence-corrected chi connectivity index (χ4v) is 3.04. The molecule has 92 valence electrons. The topological polar surface area (TPSA) is 74.8 Å². The van der Waals surface area contributed by atoms with Crippen LogP contribution in [-0.4, -0.2) is 30.7 Å². The van der Waals surface area contributed by atoms with E-state index in [1.807, 2.05) is 20.8 Å². The first-order valence-electron chi connectivity index (χ1n) is 5.24. The molecule has 0 unspecified atom stereocenters. The summed E-state index contributed by atoms with van der Waals surface area (Å²) in [5, 5.41) is 0. The summed E-state index contributed by atoms with van der Waals surface area (Å²) in [7, 11) is -3.18. The molecule has 0 spiro atoms. The van der Waals surface area contributed by atoms with Crippen molar-refractivity contribution in [2.45, 2.75) is 27.2 Å². The minimum atomic E-state index is -3.18. The summed E-state index contributed by atoms with van der Waals surface area (Å²) >= 11 is 0. The lowest BCUT2D eigenvalue weighted by Crippen LogP contribution is -2.33. The third kappa shape index (κ3) is 5.27. The van der Waals surface area contributed by atoms with Gasteiger partial charge < -0.3 is 4.98 Å². The van der Waals surface area contributed by atoms with E-state index in [-0.39, 0.29) is 11.2 Å². The fraction of sp³-hybridized carbons (Fsp3) is 0.700. The maximum atomic E-state index is 11.6. The van der Waals surface area contributed by atoms with Gasteiger partial charge in [0.05, 0.1) is 5.75 Å². The van der Waals surface area contributed by atoms with Crippen molar-refractivity contribution < 1.29 is 8.42 Å². The highest BCUT2D eigenvalue weighted by Gasteiger charge is 2.20. The third-order valence-corrected chi connectivity index (χ3v) is 3.75. The van der Waals surface area contributed by atoms with Crippen LogP contribution >= 0.6 is 0 Å². The van der Waals surface area contributed by atoms with Gasteiger partial charge in [-0.25, -0.2) is 18.1 Å². The zero-order chi connectivity index (χ0) is 12.2. The van der Waals surface area contributed by atoms with Crippen molar-refractivity contribution in [3.8, 4) is 0 Å². The molecular weight excluding hydrogens is 226 g/mol. The predicted octanol–water partition coefficient (Wildman–Crippen LogP) is 0.918. The Morgan fingerprint density at radius 2 is 2.12 bits per heavy atom. The summed E-state index contributed by atoms with van der Waals surface area (Å²) in [5.41, 5.74) is -0.226. The van der Waals surface area contributed by atoms with Crippen molar-refractivity contribution in [3.05, 3.63) is 18.2 Å². The number of nitrogens with zero attached hydrogens (tertiary/aromatic N) is 1. The van der Waals surface area contributed by atoms with Crippen LogP contribution < -0.4 is 4.72 Å². The minimum Gasteiger partial charge on any atom is -0.349 e. The zero-order valence-electron chi connectivity index (χ0n) is 9.95. The highest BCUT2D eigenvalue weighted by Crippen LogP contribution is 2.15. The first-order chi connectivity index (χ1) is 7.29. The van der Waals surface area contributed by atoms with Crippen molar-refractivity contribution in [1.82, 2.24) is 14.7 Å². The molecule has 0 aliphatic carbocycles. The number of aromatic nitrogens is 2. The van der Waals surface area contributed by atoms with Gasteiger partial charge in [-0.3, -0.25) is 0 Å². The Morgan fingerprint density at radius 3 is 2.62 bits per heavy atom. The van der Waals surface area contributed by atoms with Crippen LogP contribution in [0.2, 0.25) is 0 Å². The summed E-state index contributed by atoms with van der Waals surface area (Å²) in [5.74, 6) is 0.927. The summed E-state index contributed by atoms with van der Waals surface area (Å²) in [6.45, 7) is 6.09. The van der Waals surface area contributed by atoms with Crippen molar-refractivity contribution in [2.24, 2.45) is 5.41 Å². The van der Waals surface area contributed by atoms with E-state index in [2.05, 4.69) is 14.7 Å². The molecule has 16 heavy (non-hydrogen) atoms. The van der Waals surface area contributed by atoms with E-state index in [1.165, 1.54) is 0 Å². The molecule has 0 aliphatic heterocycles. The maximum Gasteiger partial charge on any atom is 0.212 e. The van der Waals surface area contributed by atoms with E-state index in [9.17, 15) is 8.42 Å². The summed E-state index contributed by atoms with van der Waals surface area (Å²) < 4.78 is 25.8. The molecule has 0 bridgehead atoms. The SMILES string of the molecule is CC(C)(C)CS(=O)(=O)NCCc1ncc[nH]1. The van der Waals surface area contributed by atoms with E-state index >= 15 is 0 Å². The molecular formula is C10H19N3O2S. The molecule has 5 nitrogen and oxygen atoms in total. The average molecular weight is 245 g/mol. The highest BCUT2D eigenvalue weighted by atomic mass is 32.2. The number of aromatic amines is 1. The Labute approximate surface area is 96.7 Å². The second-order valence-electron chi connectivity index (χ2n) is 5.00. The lowest BCUT2D eigenvalue weighted by molar-refractivity contribution is 0.458. The quantitative estimate of drug-likeness (QED) is 0.810. The van der Waals surface area contributed by atoms with Crippen molar-refractivity contribution >= 4 is 10.0 Å². The number of hydrogen-bond donors (Lipinski definition) is 2. The lowest BCUT2D eigenvalue weighted by atomic mass is 10.0. The molecule has 1 heterocycles. The Kier molecular flexibility index (Phi) is 4.09. The van der Waals surface area contributed by atoms with Crippen LogP contribution in [0.4, 0.5) is 0 Å². The number of rotatable bonds is 5. The number of H-pyrrole nitrogens is 1. The molecule has 1 aromatic rings. The van der Waals surface area contributed by atoms with E-state index in [1.54, 1.807) is 12.4 Å². The summed E-state index contributed by atoms with van der Waals surface area (Å²) in [6, 6.07) is 0. The van der Waals surface area contributed by atoms with Crippen LogP contribution in [0.3, 0.4) is 0 Å². The molecule has 0 amide bonds. The average Bonchev–Trinajstić information content (AvgIpc) is 2.51. The zero-order valence-corrected chi connectivity index (χ0v) is 10.8. The molecule has 6 heteroatoms. The second kappa shape index (κ2) is 4.97. The minimum absolute atomic E-state index is 0.137. The molecule has 0 aliphatic rings. The number of nitrogens with one attached hydrogen (secondary N) is 2. The molecule has 2 N–H and O–H groups in total. The highest BCUT2D eigenvalue weighted by molar-refractivity contribution is 7.89. The van der Waals surface area contributed by atoms with Gasteiger partial charge in [0.2, 0.25) is 10.0 Å². The van der Waals surface area contributed by atoms with Gasteiger partial charge in [0.25, 0.3) is 0 Å². The summed E-state index contributed by atoms with van der Waals surface area (Å²) in [6.07, 6.45) is 3.95. The van der Waals surface area contributed by atoms with Crippen LogP contribution in [0.5, 0.6) is 0 Å². The van der Waals surface area contributed by atoms with Crippen LogP contribution in [0.1, 0.15) is 26.6 Å². The van der Waals surface area contributed by atoms with Crippen LogP contribution in [0.25, 0.3) is 0 Å². The summed E-state index contributed by atoms with van der Waals surface area (Å²) in [4.78, 5) is 6.95.